The van der Waals surface area contributed by atoms with Gasteiger partial charge in [0.05, 0.1) is 0 Å². The number of benzene rings is 3. The molecule has 4 aromatic rings. The fourth-order valence-corrected chi connectivity index (χ4v) is 3.79. The number of nitrogens with one attached hydrogen (secondary N) is 2. The molecule has 5 nitrogen and oxygen atoms in total. The number of anilines is 3. The normalized spacial score (nSPS) is 13.1. The average Bonchev–Trinajstić information content (AvgIpc) is 2.82. The maximum atomic E-state index is 11.7. The van der Waals surface area contributed by atoms with Crippen molar-refractivity contribution in [3.8, 4) is 0 Å². The number of nitrogen functional groups attached to an aromatic ring is 1. The van der Waals surface area contributed by atoms with E-state index < -0.39 is 10.9 Å². The van der Waals surface area contributed by atoms with E-state index in [0.29, 0.717) is 0 Å². The summed E-state index contributed by atoms with van der Waals surface area (Å²) in [6.07, 6.45) is 0.762. The Kier molecular flexibility index (Phi) is 5.96. The predicted molar refractivity (Wildman–Crippen MR) is 126 cm³/mol. The van der Waals surface area contributed by atoms with E-state index in [1.54, 1.807) is 0 Å². The topological polar surface area (TPSA) is 84.2 Å². The van der Waals surface area contributed by atoms with Crippen molar-refractivity contribution in [2.75, 3.05) is 11.1 Å². The number of nitrogens with two attached hydrogens (primary N) is 1. The van der Waals surface area contributed by atoms with Crippen LogP contribution in [0.2, 0.25) is 0 Å². The molecule has 0 aliphatic rings. The van der Waals surface area contributed by atoms with Crippen molar-refractivity contribution >= 4 is 17.1 Å². The highest BCUT2D eigenvalue weighted by Gasteiger charge is 2.19. The smallest absolute Gasteiger partial charge is 0.253 e. The van der Waals surface area contributed by atoms with Crippen molar-refractivity contribution in [3.63, 3.8) is 0 Å². The van der Waals surface area contributed by atoms with Gasteiger partial charge >= 0.3 is 0 Å². The second-order valence-corrected chi connectivity index (χ2v) is 7.74. The van der Waals surface area contributed by atoms with Crippen LogP contribution in [0.15, 0.2) is 94.5 Å². The van der Waals surface area contributed by atoms with Gasteiger partial charge in [-0.15, -0.1) is 0 Å². The summed E-state index contributed by atoms with van der Waals surface area (Å²) in [5, 5.41) is 6.74. The van der Waals surface area contributed by atoms with Crippen LogP contribution in [0, 0.1) is 0 Å². The zero-order valence-electron chi connectivity index (χ0n) is 17.3. The Bertz CT molecular complexity index is 1230. The number of rotatable bonds is 8. The van der Waals surface area contributed by atoms with Crippen molar-refractivity contribution in [2.45, 2.75) is 25.4 Å². The summed E-state index contributed by atoms with van der Waals surface area (Å²) in [6, 6.07) is 28.8. The minimum atomic E-state index is -0.623. The standard InChI is InChI=1S/C26H25N3O2/c1-17(19-10-4-2-5-11-19)28-22(20-12-6-3-7-13-20)16-18-9-8-14-21(15-18)29-24-23(27)25(30)26(24)31/h2-15,17,22,28-29H,16,27H2,1H3. The zero-order valence-corrected chi connectivity index (χ0v) is 17.3. The molecule has 0 radical (unpaired) electrons. The molecular weight excluding hydrogens is 386 g/mol. The Morgan fingerprint density at radius 3 is 2.10 bits per heavy atom. The molecule has 0 aliphatic heterocycles. The molecule has 156 valence electrons. The van der Waals surface area contributed by atoms with Crippen LogP contribution in [0.5, 0.6) is 0 Å². The third-order valence-electron chi connectivity index (χ3n) is 5.54. The lowest BCUT2D eigenvalue weighted by Crippen LogP contribution is -2.36. The van der Waals surface area contributed by atoms with Gasteiger partial charge in [0.25, 0.3) is 10.9 Å². The molecule has 2 unspecified atom stereocenters. The number of hydrogen-bond acceptors (Lipinski definition) is 5. The minimum Gasteiger partial charge on any atom is -0.394 e. The maximum absolute atomic E-state index is 11.7. The van der Waals surface area contributed by atoms with E-state index >= 15 is 0 Å². The average molecular weight is 412 g/mol. The van der Waals surface area contributed by atoms with Gasteiger partial charge in [-0.3, -0.25) is 9.59 Å². The van der Waals surface area contributed by atoms with Gasteiger partial charge in [0.1, 0.15) is 11.4 Å². The SMILES string of the molecule is CC(NC(Cc1cccc(Nc2c(N)c(=O)c2=O)c1)c1ccccc1)c1ccccc1. The van der Waals surface area contributed by atoms with Gasteiger partial charge < -0.3 is 16.4 Å². The Labute approximate surface area is 181 Å². The van der Waals surface area contributed by atoms with Crippen LogP contribution in [0.1, 0.15) is 35.7 Å². The monoisotopic (exact) mass is 411 g/mol. The first-order valence-electron chi connectivity index (χ1n) is 10.3. The molecule has 0 aromatic heterocycles. The summed E-state index contributed by atoms with van der Waals surface area (Å²) < 4.78 is 0. The Hall–Kier alpha value is -3.70. The Balaban J connectivity index is 1.56. The fourth-order valence-electron chi connectivity index (χ4n) is 3.79. The van der Waals surface area contributed by atoms with Crippen LogP contribution < -0.4 is 27.2 Å². The van der Waals surface area contributed by atoms with Crippen LogP contribution in [-0.2, 0) is 6.42 Å². The van der Waals surface area contributed by atoms with Gasteiger partial charge in [-0.25, -0.2) is 0 Å². The molecule has 4 aromatic carbocycles. The van der Waals surface area contributed by atoms with E-state index in [9.17, 15) is 9.59 Å². The van der Waals surface area contributed by atoms with E-state index in [4.69, 9.17) is 5.73 Å². The third-order valence-corrected chi connectivity index (χ3v) is 5.54. The van der Waals surface area contributed by atoms with E-state index in [-0.39, 0.29) is 23.5 Å². The highest BCUT2D eigenvalue weighted by atomic mass is 16.2. The van der Waals surface area contributed by atoms with Crippen LogP contribution in [-0.4, -0.2) is 0 Å². The second kappa shape index (κ2) is 8.98. The molecule has 5 heteroatoms. The lowest BCUT2D eigenvalue weighted by atomic mass is 9.96. The molecule has 0 saturated carbocycles. The molecule has 0 amide bonds. The predicted octanol–water partition coefficient (Wildman–Crippen LogP) is 4.24. The lowest BCUT2D eigenvalue weighted by Gasteiger charge is -2.25. The molecule has 0 spiro atoms. The van der Waals surface area contributed by atoms with Crippen LogP contribution in [0.25, 0.3) is 0 Å². The molecule has 4 N–H and O–H groups in total. The summed E-state index contributed by atoms with van der Waals surface area (Å²) in [5.41, 5.74) is 8.90. The van der Waals surface area contributed by atoms with E-state index in [1.165, 1.54) is 11.1 Å². The maximum Gasteiger partial charge on any atom is 0.253 e. The molecule has 0 fully saturated rings. The summed E-state index contributed by atoms with van der Waals surface area (Å²) in [7, 11) is 0. The first kappa shape index (κ1) is 20.6. The first-order valence-corrected chi connectivity index (χ1v) is 10.3. The fraction of sp³-hybridized carbons (Fsp3) is 0.154. The molecule has 31 heavy (non-hydrogen) atoms. The quantitative estimate of drug-likeness (QED) is 0.378. The summed E-state index contributed by atoms with van der Waals surface area (Å²) >= 11 is 0. The van der Waals surface area contributed by atoms with Crippen molar-refractivity contribution < 1.29 is 0 Å². The molecule has 0 saturated heterocycles. The van der Waals surface area contributed by atoms with Gasteiger partial charge in [-0.05, 0) is 42.2 Å². The summed E-state index contributed by atoms with van der Waals surface area (Å²) in [4.78, 5) is 23.1. The van der Waals surface area contributed by atoms with E-state index in [2.05, 4.69) is 47.9 Å². The summed E-state index contributed by atoms with van der Waals surface area (Å²) in [5.74, 6) is 0. The molecule has 4 rings (SSSR count). The molecule has 0 bridgehead atoms. The van der Waals surface area contributed by atoms with Gasteiger partial charge in [0, 0.05) is 17.8 Å². The van der Waals surface area contributed by atoms with Crippen molar-refractivity contribution in [1.82, 2.24) is 5.32 Å². The van der Waals surface area contributed by atoms with Gasteiger partial charge in [0.15, 0.2) is 0 Å². The van der Waals surface area contributed by atoms with Crippen molar-refractivity contribution in [3.05, 3.63) is 122 Å². The minimum absolute atomic E-state index is 0.00378. The largest absolute Gasteiger partial charge is 0.394 e. The van der Waals surface area contributed by atoms with Crippen molar-refractivity contribution in [1.29, 1.82) is 0 Å². The number of hydrogen-bond donors (Lipinski definition) is 3. The van der Waals surface area contributed by atoms with Gasteiger partial charge in [0.2, 0.25) is 0 Å². The van der Waals surface area contributed by atoms with Crippen LogP contribution in [0.3, 0.4) is 0 Å². The van der Waals surface area contributed by atoms with Crippen LogP contribution in [0.4, 0.5) is 17.1 Å². The molecule has 0 aliphatic carbocycles. The Morgan fingerprint density at radius 2 is 1.45 bits per heavy atom. The second-order valence-electron chi connectivity index (χ2n) is 7.74. The molecule has 2 atom stereocenters. The van der Waals surface area contributed by atoms with E-state index in [1.807, 2.05) is 54.6 Å². The zero-order chi connectivity index (χ0) is 21.8. The van der Waals surface area contributed by atoms with Crippen LogP contribution >= 0.6 is 0 Å². The van der Waals surface area contributed by atoms with Gasteiger partial charge in [-0.1, -0.05) is 72.8 Å². The van der Waals surface area contributed by atoms with E-state index in [0.717, 1.165) is 17.7 Å². The van der Waals surface area contributed by atoms with Crippen molar-refractivity contribution in [2.24, 2.45) is 0 Å². The lowest BCUT2D eigenvalue weighted by molar-refractivity contribution is 0.464. The van der Waals surface area contributed by atoms with Gasteiger partial charge in [-0.2, -0.15) is 0 Å². The first-order chi connectivity index (χ1) is 15.0. The highest BCUT2D eigenvalue weighted by molar-refractivity contribution is 5.76. The third kappa shape index (κ3) is 4.57. The Morgan fingerprint density at radius 1 is 0.806 bits per heavy atom. The highest BCUT2D eigenvalue weighted by Crippen LogP contribution is 2.25. The summed E-state index contributed by atoms with van der Waals surface area (Å²) in [6.45, 7) is 2.16. The molecular formula is C26H25N3O2. The molecule has 0 heterocycles.